The molecule has 1 N–H and O–H groups in total. The minimum Gasteiger partial charge on any atom is -0.341 e. The van der Waals surface area contributed by atoms with E-state index in [4.69, 9.17) is 15.0 Å². The molecule has 180 valence electrons. The van der Waals surface area contributed by atoms with E-state index in [1.807, 2.05) is 6.33 Å². The fourth-order valence-electron chi connectivity index (χ4n) is 5.59. The Morgan fingerprint density at radius 3 is 2.35 bits per heavy atom. The first kappa shape index (κ1) is 21.8. The highest BCUT2D eigenvalue weighted by Gasteiger charge is 2.24. The van der Waals surface area contributed by atoms with Crippen LogP contribution in [0, 0.1) is 0 Å². The second-order valence-electron chi connectivity index (χ2n) is 10.2. The van der Waals surface area contributed by atoms with Crippen LogP contribution in [0.1, 0.15) is 50.1 Å². The average Bonchev–Trinajstić information content (AvgIpc) is 3.63. The van der Waals surface area contributed by atoms with Crippen molar-refractivity contribution in [1.29, 1.82) is 0 Å². The second kappa shape index (κ2) is 9.50. The Labute approximate surface area is 202 Å². The fourth-order valence-corrected chi connectivity index (χ4v) is 5.59. The van der Waals surface area contributed by atoms with Crippen molar-refractivity contribution < 1.29 is 0 Å². The number of aromatic nitrogens is 4. The largest absolute Gasteiger partial charge is 0.341 e. The molecule has 4 heterocycles. The molecule has 6 rings (SSSR count). The molecular formula is C26H36N8. The maximum Gasteiger partial charge on any atom is 0.229 e. The Balaban J connectivity index is 1.25. The predicted molar refractivity (Wildman–Crippen MR) is 137 cm³/mol. The van der Waals surface area contributed by atoms with Crippen LogP contribution < -0.4 is 10.2 Å². The number of anilines is 3. The SMILES string of the molecule is CN1CCN(Cc2ccc(Nc3nc(N4CCCC4)nc4c3ncn4C3CCCC3)cc2)CC1. The zero-order valence-corrected chi connectivity index (χ0v) is 20.3. The molecule has 0 radical (unpaired) electrons. The van der Waals surface area contributed by atoms with Gasteiger partial charge in [-0.2, -0.15) is 9.97 Å². The molecule has 2 saturated heterocycles. The van der Waals surface area contributed by atoms with Gasteiger partial charge in [-0.25, -0.2) is 4.98 Å². The lowest BCUT2D eigenvalue weighted by atomic mass is 10.2. The van der Waals surface area contributed by atoms with Gasteiger partial charge in [0.1, 0.15) is 0 Å². The molecule has 0 atom stereocenters. The Bertz CT molecular complexity index is 1100. The van der Waals surface area contributed by atoms with E-state index in [0.29, 0.717) is 6.04 Å². The number of rotatable bonds is 6. The van der Waals surface area contributed by atoms with Crippen molar-refractivity contribution in [3.63, 3.8) is 0 Å². The van der Waals surface area contributed by atoms with Gasteiger partial charge >= 0.3 is 0 Å². The number of hydrogen-bond acceptors (Lipinski definition) is 7. The van der Waals surface area contributed by atoms with E-state index in [1.54, 1.807) is 0 Å². The molecule has 0 unspecified atom stereocenters. The fraction of sp³-hybridized carbons (Fsp3) is 0.577. The number of hydrogen-bond donors (Lipinski definition) is 1. The van der Waals surface area contributed by atoms with Crippen LogP contribution in [0.4, 0.5) is 17.5 Å². The third-order valence-corrected chi connectivity index (χ3v) is 7.74. The minimum atomic E-state index is 0.507. The zero-order valence-electron chi connectivity index (χ0n) is 20.3. The van der Waals surface area contributed by atoms with Crippen LogP contribution in [0.15, 0.2) is 30.6 Å². The van der Waals surface area contributed by atoms with Crippen molar-refractivity contribution >= 4 is 28.6 Å². The number of nitrogens with one attached hydrogen (secondary N) is 1. The van der Waals surface area contributed by atoms with Crippen LogP contribution >= 0.6 is 0 Å². The molecule has 3 fully saturated rings. The summed E-state index contributed by atoms with van der Waals surface area (Å²) in [5.41, 5.74) is 4.24. The van der Waals surface area contributed by atoms with Gasteiger partial charge in [0.15, 0.2) is 17.0 Å². The molecular weight excluding hydrogens is 424 g/mol. The number of piperazine rings is 1. The molecule has 2 aromatic heterocycles. The molecule has 1 aromatic carbocycles. The third kappa shape index (κ3) is 4.49. The molecule has 3 aromatic rings. The Morgan fingerprint density at radius 1 is 0.882 bits per heavy atom. The highest BCUT2D eigenvalue weighted by molar-refractivity contribution is 5.86. The lowest BCUT2D eigenvalue weighted by Crippen LogP contribution is -2.43. The van der Waals surface area contributed by atoms with Crippen molar-refractivity contribution in [2.45, 2.75) is 51.1 Å². The third-order valence-electron chi connectivity index (χ3n) is 7.74. The van der Waals surface area contributed by atoms with Crippen LogP contribution in [0.2, 0.25) is 0 Å². The van der Waals surface area contributed by atoms with E-state index in [-0.39, 0.29) is 0 Å². The van der Waals surface area contributed by atoms with Gasteiger partial charge in [-0.15, -0.1) is 0 Å². The summed E-state index contributed by atoms with van der Waals surface area (Å²) in [7, 11) is 2.20. The van der Waals surface area contributed by atoms with E-state index in [1.165, 1.54) is 44.1 Å². The van der Waals surface area contributed by atoms with E-state index < -0.39 is 0 Å². The molecule has 8 nitrogen and oxygen atoms in total. The maximum absolute atomic E-state index is 5.01. The van der Waals surface area contributed by atoms with Crippen LogP contribution in [-0.4, -0.2) is 75.6 Å². The maximum atomic E-state index is 5.01. The molecule has 34 heavy (non-hydrogen) atoms. The molecule has 0 bridgehead atoms. The molecule has 2 aliphatic heterocycles. The molecule has 1 saturated carbocycles. The van der Waals surface area contributed by atoms with E-state index in [2.05, 4.69) is 55.9 Å². The van der Waals surface area contributed by atoms with Crippen LogP contribution in [0.5, 0.6) is 0 Å². The average molecular weight is 461 g/mol. The van der Waals surface area contributed by atoms with Crippen molar-refractivity contribution in [2.24, 2.45) is 0 Å². The summed E-state index contributed by atoms with van der Waals surface area (Å²) in [6.45, 7) is 7.65. The lowest BCUT2D eigenvalue weighted by molar-refractivity contribution is 0.148. The lowest BCUT2D eigenvalue weighted by Gasteiger charge is -2.32. The van der Waals surface area contributed by atoms with Gasteiger partial charge in [-0.3, -0.25) is 4.90 Å². The van der Waals surface area contributed by atoms with E-state index in [9.17, 15) is 0 Å². The highest BCUT2D eigenvalue weighted by Crippen LogP contribution is 2.34. The van der Waals surface area contributed by atoms with Gasteiger partial charge in [0, 0.05) is 57.5 Å². The number of fused-ring (bicyclic) bond motifs is 1. The number of imidazole rings is 1. The molecule has 3 aliphatic rings. The first-order valence-corrected chi connectivity index (χ1v) is 13.0. The smallest absolute Gasteiger partial charge is 0.229 e. The first-order chi connectivity index (χ1) is 16.7. The quantitative estimate of drug-likeness (QED) is 0.596. The monoisotopic (exact) mass is 460 g/mol. The summed E-state index contributed by atoms with van der Waals surface area (Å²) >= 11 is 0. The van der Waals surface area contributed by atoms with Gasteiger partial charge in [0.2, 0.25) is 5.95 Å². The van der Waals surface area contributed by atoms with Gasteiger partial charge in [-0.1, -0.05) is 25.0 Å². The normalized spacial score (nSPS) is 20.6. The summed E-state index contributed by atoms with van der Waals surface area (Å²) in [5.74, 6) is 1.65. The predicted octanol–water partition coefficient (Wildman–Crippen LogP) is 4.03. The Kier molecular flexibility index (Phi) is 6.09. The van der Waals surface area contributed by atoms with E-state index in [0.717, 1.165) is 74.4 Å². The van der Waals surface area contributed by atoms with Gasteiger partial charge in [0.05, 0.1) is 6.33 Å². The van der Waals surface area contributed by atoms with Crippen LogP contribution in [0.3, 0.4) is 0 Å². The van der Waals surface area contributed by atoms with Crippen LogP contribution in [0.25, 0.3) is 11.2 Å². The summed E-state index contributed by atoms with van der Waals surface area (Å²) in [4.78, 5) is 22.0. The highest BCUT2D eigenvalue weighted by atomic mass is 15.3. The molecule has 8 heteroatoms. The molecule has 1 aliphatic carbocycles. The Hall–Kier alpha value is -2.71. The standard InChI is InChI=1S/C26H36N8/c1-31-14-16-32(17-15-31)18-20-8-10-21(11-9-20)28-24-23-25(30-26(29-24)33-12-4-5-13-33)34(19-27-23)22-6-2-3-7-22/h8-11,19,22H,2-7,12-18H2,1H3,(H,28,29,30). The summed E-state index contributed by atoms with van der Waals surface area (Å²) in [5, 5.41) is 3.58. The Morgan fingerprint density at radius 2 is 1.62 bits per heavy atom. The van der Waals surface area contributed by atoms with Gasteiger partial charge in [0.25, 0.3) is 0 Å². The zero-order chi connectivity index (χ0) is 22.9. The van der Waals surface area contributed by atoms with E-state index >= 15 is 0 Å². The second-order valence-corrected chi connectivity index (χ2v) is 10.2. The number of nitrogens with zero attached hydrogens (tertiary/aromatic N) is 7. The van der Waals surface area contributed by atoms with Gasteiger partial charge in [-0.05, 0) is 50.4 Å². The van der Waals surface area contributed by atoms with Crippen molar-refractivity contribution in [2.75, 3.05) is 56.5 Å². The number of benzene rings is 1. The minimum absolute atomic E-state index is 0.507. The summed E-state index contributed by atoms with van der Waals surface area (Å²) < 4.78 is 2.30. The summed E-state index contributed by atoms with van der Waals surface area (Å²) in [6, 6.07) is 9.31. The topological polar surface area (TPSA) is 65.3 Å². The molecule has 0 amide bonds. The van der Waals surface area contributed by atoms with Crippen molar-refractivity contribution in [3.05, 3.63) is 36.2 Å². The molecule has 0 spiro atoms. The number of likely N-dealkylation sites (N-methyl/N-ethyl adjacent to an activating group) is 1. The van der Waals surface area contributed by atoms with Gasteiger partial charge < -0.3 is 19.7 Å². The summed E-state index contributed by atoms with van der Waals surface area (Å²) in [6.07, 6.45) is 9.41. The van der Waals surface area contributed by atoms with Crippen molar-refractivity contribution in [3.8, 4) is 0 Å². The first-order valence-electron chi connectivity index (χ1n) is 13.0. The van der Waals surface area contributed by atoms with Crippen LogP contribution in [-0.2, 0) is 6.54 Å². The van der Waals surface area contributed by atoms with Crippen molar-refractivity contribution in [1.82, 2.24) is 29.3 Å².